The number of rotatable bonds is 10. The third kappa shape index (κ3) is 6.71. The highest BCUT2D eigenvalue weighted by Gasteiger charge is 2.41. The van der Waals surface area contributed by atoms with Crippen molar-refractivity contribution in [1.29, 1.82) is 0 Å². The van der Waals surface area contributed by atoms with Crippen molar-refractivity contribution in [3.05, 3.63) is 103 Å². The first-order valence-corrected chi connectivity index (χ1v) is 14.3. The van der Waals surface area contributed by atoms with Crippen molar-refractivity contribution < 1.29 is 19.1 Å². The fourth-order valence-electron chi connectivity index (χ4n) is 4.19. The molecular formula is C30H28BrIN2O4. The molecule has 196 valence electrons. The van der Waals surface area contributed by atoms with Gasteiger partial charge in [0.2, 0.25) is 0 Å². The number of ether oxygens (including phenoxy) is 1. The molecule has 1 aliphatic rings. The molecular weight excluding hydrogens is 659 g/mol. The number of carbonyl (C=O) groups is 3. The van der Waals surface area contributed by atoms with Crippen LogP contribution in [-0.2, 0) is 22.4 Å². The predicted octanol–water partition coefficient (Wildman–Crippen LogP) is 6.50. The van der Waals surface area contributed by atoms with E-state index in [0.717, 1.165) is 25.6 Å². The molecule has 3 aromatic rings. The third-order valence-corrected chi connectivity index (χ3v) is 7.39. The van der Waals surface area contributed by atoms with Crippen molar-refractivity contribution in [1.82, 2.24) is 9.80 Å². The molecule has 1 aliphatic heterocycles. The van der Waals surface area contributed by atoms with E-state index >= 15 is 0 Å². The van der Waals surface area contributed by atoms with Gasteiger partial charge in [0.25, 0.3) is 11.8 Å². The Bertz CT molecular complexity index is 1280. The molecule has 4 amide bonds. The quantitative estimate of drug-likeness (QED) is 0.139. The number of hydrogen-bond donors (Lipinski definition) is 0. The molecule has 6 nitrogen and oxygen atoms in total. The number of benzene rings is 3. The Morgan fingerprint density at radius 2 is 1.37 bits per heavy atom. The Morgan fingerprint density at radius 3 is 1.87 bits per heavy atom. The van der Waals surface area contributed by atoms with E-state index in [1.807, 2.05) is 79.7 Å². The lowest BCUT2D eigenvalue weighted by Crippen LogP contribution is -2.57. The number of halogens is 2. The van der Waals surface area contributed by atoms with Gasteiger partial charge < -0.3 is 4.74 Å². The summed E-state index contributed by atoms with van der Waals surface area (Å²) >= 11 is 5.69. The van der Waals surface area contributed by atoms with Crippen molar-refractivity contribution in [3.63, 3.8) is 0 Å². The first-order chi connectivity index (χ1) is 18.4. The number of barbiturate groups is 1. The van der Waals surface area contributed by atoms with E-state index in [4.69, 9.17) is 4.74 Å². The molecule has 0 radical (unpaired) electrons. The lowest BCUT2D eigenvalue weighted by atomic mass is 10.0. The van der Waals surface area contributed by atoms with Crippen molar-refractivity contribution in [2.45, 2.75) is 26.2 Å². The standard InChI is InChI=1S/C30H28BrIN2O4/c1-2-17-38-27-23(18-24(31)20-26(27)32)19-25-28(35)33(15-13-21-9-5-3-6-10-21)30(37)34(29(25)36)16-14-22-11-7-4-8-12-22/h3-12,18-20H,2,13-17H2,1H3. The highest BCUT2D eigenvalue weighted by atomic mass is 127. The molecule has 0 bridgehead atoms. The summed E-state index contributed by atoms with van der Waals surface area (Å²) in [4.78, 5) is 43.1. The van der Waals surface area contributed by atoms with E-state index in [9.17, 15) is 14.4 Å². The first-order valence-electron chi connectivity index (χ1n) is 12.5. The van der Waals surface area contributed by atoms with Gasteiger partial charge in [-0.2, -0.15) is 0 Å². The number of imide groups is 2. The zero-order chi connectivity index (χ0) is 27.1. The number of urea groups is 1. The topological polar surface area (TPSA) is 66.9 Å². The highest BCUT2D eigenvalue weighted by Crippen LogP contribution is 2.33. The molecule has 4 rings (SSSR count). The second-order valence-electron chi connectivity index (χ2n) is 8.88. The van der Waals surface area contributed by atoms with E-state index < -0.39 is 17.8 Å². The summed E-state index contributed by atoms with van der Waals surface area (Å²) in [5, 5.41) is 0. The minimum atomic E-state index is -0.594. The minimum absolute atomic E-state index is 0.0547. The summed E-state index contributed by atoms with van der Waals surface area (Å²) in [7, 11) is 0. The first kappa shape index (κ1) is 28.0. The molecule has 1 fully saturated rings. The summed E-state index contributed by atoms with van der Waals surface area (Å²) in [6, 6.07) is 22.5. The van der Waals surface area contributed by atoms with Crippen LogP contribution in [0.15, 0.2) is 82.8 Å². The van der Waals surface area contributed by atoms with Gasteiger partial charge in [0.15, 0.2) is 0 Å². The Labute approximate surface area is 244 Å². The second-order valence-corrected chi connectivity index (χ2v) is 11.0. The average Bonchev–Trinajstić information content (AvgIpc) is 2.91. The Hall–Kier alpha value is -2.98. The van der Waals surface area contributed by atoms with Gasteiger partial charge in [-0.3, -0.25) is 19.4 Å². The molecule has 0 atom stereocenters. The molecule has 0 unspecified atom stereocenters. The summed E-state index contributed by atoms with van der Waals surface area (Å²) < 4.78 is 7.63. The molecule has 38 heavy (non-hydrogen) atoms. The van der Waals surface area contributed by atoms with Crippen LogP contribution in [0.25, 0.3) is 6.08 Å². The highest BCUT2D eigenvalue weighted by molar-refractivity contribution is 14.1. The molecule has 0 aliphatic carbocycles. The average molecular weight is 687 g/mol. The lowest BCUT2D eigenvalue weighted by Gasteiger charge is -2.34. The normalized spacial score (nSPS) is 13.8. The van der Waals surface area contributed by atoms with Crippen LogP contribution in [0.1, 0.15) is 30.0 Å². The molecule has 1 heterocycles. The van der Waals surface area contributed by atoms with Crippen LogP contribution < -0.4 is 4.74 Å². The van der Waals surface area contributed by atoms with Crippen LogP contribution in [0.3, 0.4) is 0 Å². The fraction of sp³-hybridized carbons (Fsp3) is 0.233. The van der Waals surface area contributed by atoms with E-state index in [2.05, 4.69) is 38.5 Å². The summed E-state index contributed by atoms with van der Waals surface area (Å²) in [6.07, 6.45) is 3.35. The summed E-state index contributed by atoms with van der Waals surface area (Å²) in [5.74, 6) is -0.584. The van der Waals surface area contributed by atoms with Crippen LogP contribution in [0.4, 0.5) is 4.79 Å². The Morgan fingerprint density at radius 1 is 0.842 bits per heavy atom. The minimum Gasteiger partial charge on any atom is -0.492 e. The van der Waals surface area contributed by atoms with Gasteiger partial charge in [0.1, 0.15) is 11.3 Å². The van der Waals surface area contributed by atoms with Crippen molar-refractivity contribution in [2.24, 2.45) is 0 Å². The summed E-state index contributed by atoms with van der Waals surface area (Å²) in [6.45, 7) is 2.85. The van der Waals surface area contributed by atoms with E-state index in [1.54, 1.807) is 6.08 Å². The van der Waals surface area contributed by atoms with Gasteiger partial charge in [-0.15, -0.1) is 0 Å². The van der Waals surface area contributed by atoms with Gasteiger partial charge >= 0.3 is 6.03 Å². The predicted molar refractivity (Wildman–Crippen MR) is 160 cm³/mol. The van der Waals surface area contributed by atoms with Crippen LogP contribution in [0, 0.1) is 3.57 Å². The van der Waals surface area contributed by atoms with E-state index in [0.29, 0.717) is 30.8 Å². The Kier molecular flexibility index (Phi) is 9.74. The zero-order valence-corrected chi connectivity index (χ0v) is 24.8. The lowest BCUT2D eigenvalue weighted by molar-refractivity contribution is -0.135. The number of hydrogen-bond acceptors (Lipinski definition) is 4. The maximum Gasteiger partial charge on any atom is 0.333 e. The van der Waals surface area contributed by atoms with Gasteiger partial charge in [-0.1, -0.05) is 83.5 Å². The molecule has 1 saturated heterocycles. The monoisotopic (exact) mass is 686 g/mol. The largest absolute Gasteiger partial charge is 0.492 e. The number of carbonyl (C=O) groups excluding carboxylic acids is 3. The maximum atomic E-state index is 13.6. The maximum absolute atomic E-state index is 13.6. The van der Waals surface area contributed by atoms with Crippen molar-refractivity contribution in [3.8, 4) is 5.75 Å². The zero-order valence-electron chi connectivity index (χ0n) is 21.0. The molecule has 3 aromatic carbocycles. The van der Waals surface area contributed by atoms with E-state index in [-0.39, 0.29) is 18.7 Å². The van der Waals surface area contributed by atoms with E-state index in [1.165, 1.54) is 9.80 Å². The van der Waals surface area contributed by atoms with Gasteiger partial charge in [0, 0.05) is 23.1 Å². The number of nitrogens with zero attached hydrogens (tertiary/aromatic N) is 2. The molecule has 0 aromatic heterocycles. The second kappa shape index (κ2) is 13.2. The molecule has 0 spiro atoms. The van der Waals surface area contributed by atoms with Gasteiger partial charge in [-0.05, 0) is 71.2 Å². The SMILES string of the molecule is CCCOc1c(I)cc(Br)cc1C=C1C(=O)N(CCc2ccccc2)C(=O)N(CCc2ccccc2)C1=O. The van der Waals surface area contributed by atoms with Gasteiger partial charge in [0.05, 0.1) is 10.2 Å². The fourth-order valence-corrected chi connectivity index (χ4v) is 5.90. The van der Waals surface area contributed by atoms with Crippen LogP contribution in [0.5, 0.6) is 5.75 Å². The Balaban J connectivity index is 1.70. The van der Waals surface area contributed by atoms with Crippen LogP contribution >= 0.6 is 38.5 Å². The number of amides is 4. The van der Waals surface area contributed by atoms with Crippen LogP contribution in [-0.4, -0.2) is 47.3 Å². The van der Waals surface area contributed by atoms with Crippen molar-refractivity contribution >= 4 is 62.4 Å². The van der Waals surface area contributed by atoms with Crippen molar-refractivity contribution in [2.75, 3.05) is 19.7 Å². The van der Waals surface area contributed by atoms with Gasteiger partial charge in [-0.25, -0.2) is 4.79 Å². The smallest absolute Gasteiger partial charge is 0.333 e. The van der Waals surface area contributed by atoms with Crippen LogP contribution in [0.2, 0.25) is 0 Å². The molecule has 8 heteroatoms. The third-order valence-electron chi connectivity index (χ3n) is 6.13. The molecule has 0 saturated carbocycles. The molecule has 0 N–H and O–H groups in total. The summed E-state index contributed by atoms with van der Waals surface area (Å²) in [5.41, 5.74) is 2.56.